The summed E-state index contributed by atoms with van der Waals surface area (Å²) in [4.78, 5) is 7.01. The first-order valence-electron chi connectivity index (χ1n) is 6.14. The van der Waals surface area contributed by atoms with Crippen molar-refractivity contribution in [1.29, 1.82) is 0 Å². The molecule has 2 aromatic heterocycles. The fourth-order valence-corrected chi connectivity index (χ4v) is 1.92. The molecular formula is C13H11F3N4O. The van der Waals surface area contributed by atoms with Crippen LogP contribution < -0.4 is 5.73 Å². The van der Waals surface area contributed by atoms with E-state index in [0.29, 0.717) is 22.8 Å². The lowest BCUT2D eigenvalue weighted by Crippen LogP contribution is -2.04. The van der Waals surface area contributed by atoms with E-state index in [-0.39, 0.29) is 11.6 Å². The van der Waals surface area contributed by atoms with Crippen LogP contribution in [-0.4, -0.2) is 15.1 Å². The molecule has 0 radical (unpaired) electrons. The quantitative estimate of drug-likeness (QED) is 0.760. The number of halogens is 3. The molecule has 0 aliphatic heterocycles. The Morgan fingerprint density at radius 3 is 2.67 bits per heavy atom. The zero-order chi connectivity index (χ0) is 15.2. The number of fused-ring (bicyclic) bond motifs is 1. The summed E-state index contributed by atoms with van der Waals surface area (Å²) in [6, 6.07) is 4.60. The molecule has 0 saturated heterocycles. The lowest BCUT2D eigenvalue weighted by Gasteiger charge is -2.04. The lowest BCUT2D eigenvalue weighted by atomic mass is 10.2. The molecule has 5 nitrogen and oxygen atoms in total. The van der Waals surface area contributed by atoms with Gasteiger partial charge in [0.05, 0.1) is 22.6 Å². The Kier molecular flexibility index (Phi) is 2.98. The molecule has 1 atom stereocenters. The average Bonchev–Trinajstić information content (AvgIpc) is 3.03. The van der Waals surface area contributed by atoms with Gasteiger partial charge in [-0.05, 0) is 25.1 Å². The average molecular weight is 296 g/mol. The van der Waals surface area contributed by atoms with Crippen LogP contribution in [0.3, 0.4) is 0 Å². The number of imidazole rings is 1. The summed E-state index contributed by atoms with van der Waals surface area (Å²) in [5.41, 5.74) is 6.01. The fourth-order valence-electron chi connectivity index (χ4n) is 1.92. The number of nitrogens with two attached hydrogens (primary N) is 1. The maximum Gasteiger partial charge on any atom is 0.416 e. The minimum atomic E-state index is -4.40. The summed E-state index contributed by atoms with van der Waals surface area (Å²) >= 11 is 0. The number of alkyl halides is 3. The maximum absolute atomic E-state index is 12.7. The molecule has 0 aliphatic carbocycles. The van der Waals surface area contributed by atoms with E-state index < -0.39 is 11.7 Å². The second-order valence-corrected chi connectivity index (χ2v) is 4.72. The molecule has 3 N–H and O–H groups in total. The second-order valence-electron chi connectivity index (χ2n) is 4.72. The highest BCUT2D eigenvalue weighted by Gasteiger charge is 2.30. The van der Waals surface area contributed by atoms with Crippen LogP contribution in [0, 0.1) is 0 Å². The van der Waals surface area contributed by atoms with Gasteiger partial charge in [0, 0.05) is 6.07 Å². The Labute approximate surface area is 116 Å². The van der Waals surface area contributed by atoms with Gasteiger partial charge in [0.25, 0.3) is 0 Å². The molecule has 0 bridgehead atoms. The van der Waals surface area contributed by atoms with Crippen molar-refractivity contribution in [1.82, 2.24) is 15.1 Å². The second kappa shape index (κ2) is 4.59. The maximum atomic E-state index is 12.7. The van der Waals surface area contributed by atoms with E-state index in [1.807, 2.05) is 0 Å². The van der Waals surface area contributed by atoms with Crippen LogP contribution in [-0.2, 0) is 6.18 Å². The summed E-state index contributed by atoms with van der Waals surface area (Å²) in [7, 11) is 0. The van der Waals surface area contributed by atoms with Crippen LogP contribution in [0.25, 0.3) is 22.6 Å². The van der Waals surface area contributed by atoms with Crippen LogP contribution in [0.1, 0.15) is 24.3 Å². The number of hydrogen-bond donors (Lipinski definition) is 2. The number of nitrogens with zero attached hydrogens (tertiary/aromatic N) is 2. The highest BCUT2D eigenvalue weighted by atomic mass is 19.4. The number of aromatic nitrogens is 3. The van der Waals surface area contributed by atoms with E-state index in [4.69, 9.17) is 10.3 Å². The van der Waals surface area contributed by atoms with Crippen molar-refractivity contribution in [3.8, 4) is 11.5 Å². The van der Waals surface area contributed by atoms with Gasteiger partial charge in [-0.3, -0.25) is 0 Å². The molecule has 21 heavy (non-hydrogen) atoms. The number of benzene rings is 1. The van der Waals surface area contributed by atoms with Gasteiger partial charge in [-0.1, -0.05) is 5.16 Å². The third kappa shape index (κ3) is 2.49. The first kappa shape index (κ1) is 13.6. The number of nitrogens with one attached hydrogen (secondary N) is 1. The standard InChI is InChI=1S/C13H11F3N4O/c1-6(17)11-5-10(20-21-11)12-18-8-3-2-7(13(14,15)16)4-9(8)19-12/h2-6H,17H2,1H3,(H,18,19)/t6-/m1/s1. The number of H-pyrrole nitrogens is 1. The highest BCUT2D eigenvalue weighted by molar-refractivity contribution is 5.79. The normalized spacial score (nSPS) is 13.8. The lowest BCUT2D eigenvalue weighted by molar-refractivity contribution is -0.137. The van der Waals surface area contributed by atoms with Gasteiger partial charge < -0.3 is 15.2 Å². The summed E-state index contributed by atoms with van der Waals surface area (Å²) < 4.78 is 43.0. The zero-order valence-corrected chi connectivity index (χ0v) is 10.9. The van der Waals surface area contributed by atoms with Crippen LogP contribution in [0.15, 0.2) is 28.8 Å². The largest absolute Gasteiger partial charge is 0.416 e. The molecule has 1 aromatic carbocycles. The van der Waals surface area contributed by atoms with Gasteiger partial charge in [0.2, 0.25) is 0 Å². The van der Waals surface area contributed by atoms with Crippen molar-refractivity contribution in [3.05, 3.63) is 35.6 Å². The van der Waals surface area contributed by atoms with Gasteiger partial charge in [0.1, 0.15) is 5.69 Å². The number of hydrogen-bond acceptors (Lipinski definition) is 4. The van der Waals surface area contributed by atoms with Crippen molar-refractivity contribution >= 4 is 11.0 Å². The van der Waals surface area contributed by atoms with Crippen LogP contribution in [0.2, 0.25) is 0 Å². The van der Waals surface area contributed by atoms with E-state index in [9.17, 15) is 13.2 Å². The van der Waals surface area contributed by atoms with Gasteiger partial charge in [-0.25, -0.2) is 4.98 Å². The Balaban J connectivity index is 2.04. The van der Waals surface area contributed by atoms with E-state index in [2.05, 4.69) is 15.1 Å². The Morgan fingerprint density at radius 2 is 2.05 bits per heavy atom. The minimum absolute atomic E-state index is 0.213. The van der Waals surface area contributed by atoms with E-state index >= 15 is 0 Å². The molecule has 3 rings (SSSR count). The Morgan fingerprint density at radius 1 is 1.29 bits per heavy atom. The molecule has 110 valence electrons. The third-order valence-corrected chi connectivity index (χ3v) is 3.03. The molecule has 0 saturated carbocycles. The first-order chi connectivity index (χ1) is 9.84. The molecule has 0 amide bonds. The van der Waals surface area contributed by atoms with Crippen LogP contribution in [0.5, 0.6) is 0 Å². The molecule has 0 spiro atoms. The van der Waals surface area contributed by atoms with Gasteiger partial charge in [-0.15, -0.1) is 0 Å². The molecule has 2 heterocycles. The smallest absolute Gasteiger partial charge is 0.359 e. The van der Waals surface area contributed by atoms with Gasteiger partial charge >= 0.3 is 6.18 Å². The van der Waals surface area contributed by atoms with Gasteiger partial charge in [0.15, 0.2) is 11.6 Å². The van der Waals surface area contributed by atoms with Crippen LogP contribution >= 0.6 is 0 Å². The number of rotatable bonds is 2. The molecular weight excluding hydrogens is 285 g/mol. The molecule has 8 heteroatoms. The van der Waals surface area contributed by atoms with Crippen LogP contribution in [0.4, 0.5) is 13.2 Å². The summed E-state index contributed by atoms with van der Waals surface area (Å²) in [5.74, 6) is 0.807. The summed E-state index contributed by atoms with van der Waals surface area (Å²) in [6.07, 6.45) is -4.40. The topological polar surface area (TPSA) is 80.7 Å². The Bertz CT molecular complexity index is 788. The van der Waals surface area contributed by atoms with Gasteiger partial charge in [-0.2, -0.15) is 13.2 Å². The first-order valence-corrected chi connectivity index (χ1v) is 6.14. The molecule has 0 fully saturated rings. The highest BCUT2D eigenvalue weighted by Crippen LogP contribution is 2.31. The SMILES string of the molecule is C[C@@H](N)c1cc(-c2nc3cc(C(F)(F)F)ccc3[nH]2)no1. The van der Waals surface area contributed by atoms with E-state index in [0.717, 1.165) is 12.1 Å². The fraction of sp³-hybridized carbons (Fsp3) is 0.231. The predicted molar refractivity (Wildman–Crippen MR) is 69.2 cm³/mol. The van der Waals surface area contributed by atoms with E-state index in [1.54, 1.807) is 13.0 Å². The minimum Gasteiger partial charge on any atom is -0.359 e. The third-order valence-electron chi connectivity index (χ3n) is 3.03. The van der Waals surface area contributed by atoms with E-state index in [1.165, 1.54) is 6.07 Å². The van der Waals surface area contributed by atoms with Crippen molar-refractivity contribution in [2.75, 3.05) is 0 Å². The monoisotopic (exact) mass is 296 g/mol. The molecule has 0 unspecified atom stereocenters. The van der Waals surface area contributed by atoms with Crippen molar-refractivity contribution in [2.24, 2.45) is 5.73 Å². The molecule has 0 aliphatic rings. The number of aromatic amines is 1. The predicted octanol–water partition coefficient (Wildman–Crippen LogP) is 3.26. The molecule has 3 aromatic rings. The van der Waals surface area contributed by atoms with Crippen molar-refractivity contribution < 1.29 is 17.7 Å². The summed E-state index contributed by atoms with van der Waals surface area (Å²) in [6.45, 7) is 1.73. The summed E-state index contributed by atoms with van der Waals surface area (Å²) in [5, 5.41) is 3.80. The van der Waals surface area contributed by atoms with Crippen molar-refractivity contribution in [3.63, 3.8) is 0 Å². The van der Waals surface area contributed by atoms with Crippen molar-refractivity contribution in [2.45, 2.75) is 19.1 Å². The zero-order valence-electron chi connectivity index (χ0n) is 10.9. The Hall–Kier alpha value is -2.35.